The second-order valence-corrected chi connectivity index (χ2v) is 8.37. The van der Waals surface area contributed by atoms with Crippen LogP contribution in [0, 0.1) is 11.8 Å². The van der Waals surface area contributed by atoms with Gasteiger partial charge in [-0.2, -0.15) is 0 Å². The SMILES string of the molecule is COc1cc(OC)cc(C(=O)N2CC3CN[C@H](CCCC(=O)N(C)C)C(C3)C2)c1. The third kappa shape index (κ3) is 5.21. The Bertz CT molecular complexity index is 715. The minimum absolute atomic E-state index is 0.0281. The Balaban J connectivity index is 1.64. The average molecular weight is 404 g/mol. The molecule has 29 heavy (non-hydrogen) atoms. The zero-order valence-corrected chi connectivity index (χ0v) is 17.9. The summed E-state index contributed by atoms with van der Waals surface area (Å²) in [6.07, 6.45) is 3.56. The number of nitrogens with zero attached hydrogens (tertiary/aromatic N) is 2. The van der Waals surface area contributed by atoms with Gasteiger partial charge in [0.2, 0.25) is 5.91 Å². The van der Waals surface area contributed by atoms with Gasteiger partial charge in [-0.05, 0) is 49.8 Å². The van der Waals surface area contributed by atoms with E-state index in [-0.39, 0.29) is 11.8 Å². The van der Waals surface area contributed by atoms with Crippen molar-refractivity contribution < 1.29 is 19.1 Å². The van der Waals surface area contributed by atoms with Crippen molar-refractivity contribution >= 4 is 11.8 Å². The van der Waals surface area contributed by atoms with Gasteiger partial charge in [0.15, 0.2) is 0 Å². The van der Waals surface area contributed by atoms with Crippen LogP contribution in [-0.4, -0.2) is 75.6 Å². The van der Waals surface area contributed by atoms with E-state index in [1.165, 1.54) is 0 Å². The van der Waals surface area contributed by atoms with Crippen LogP contribution >= 0.6 is 0 Å². The molecule has 2 unspecified atom stereocenters. The van der Waals surface area contributed by atoms with Crippen LogP contribution in [-0.2, 0) is 4.79 Å². The Hall–Kier alpha value is -2.28. The van der Waals surface area contributed by atoms with E-state index in [0.29, 0.717) is 41.4 Å². The average Bonchev–Trinajstić information content (AvgIpc) is 2.73. The Morgan fingerprint density at radius 2 is 1.83 bits per heavy atom. The van der Waals surface area contributed by atoms with E-state index in [1.54, 1.807) is 51.4 Å². The highest BCUT2D eigenvalue weighted by molar-refractivity contribution is 5.95. The molecule has 3 atom stereocenters. The predicted octanol–water partition coefficient (Wildman–Crippen LogP) is 2.01. The highest BCUT2D eigenvalue weighted by Crippen LogP contribution is 2.32. The van der Waals surface area contributed by atoms with Gasteiger partial charge >= 0.3 is 0 Å². The fraction of sp³-hybridized carbons (Fsp3) is 0.636. The van der Waals surface area contributed by atoms with Gasteiger partial charge in [0.1, 0.15) is 11.5 Å². The van der Waals surface area contributed by atoms with Gasteiger partial charge < -0.3 is 24.6 Å². The summed E-state index contributed by atoms with van der Waals surface area (Å²) in [6, 6.07) is 5.68. The molecule has 2 saturated heterocycles. The minimum Gasteiger partial charge on any atom is -0.497 e. The zero-order chi connectivity index (χ0) is 21.0. The molecular weight excluding hydrogens is 370 g/mol. The third-order valence-electron chi connectivity index (χ3n) is 6.10. The summed E-state index contributed by atoms with van der Waals surface area (Å²) in [4.78, 5) is 28.7. The third-order valence-corrected chi connectivity index (χ3v) is 6.10. The number of benzene rings is 1. The van der Waals surface area contributed by atoms with Crippen LogP contribution in [0.1, 0.15) is 36.0 Å². The molecule has 0 spiro atoms. The molecule has 2 aliphatic heterocycles. The van der Waals surface area contributed by atoms with Crippen molar-refractivity contribution in [3.63, 3.8) is 0 Å². The Morgan fingerprint density at radius 1 is 1.14 bits per heavy atom. The lowest BCUT2D eigenvalue weighted by Crippen LogP contribution is -2.57. The highest BCUT2D eigenvalue weighted by atomic mass is 16.5. The maximum atomic E-state index is 13.2. The van der Waals surface area contributed by atoms with Crippen molar-refractivity contribution in [1.82, 2.24) is 15.1 Å². The van der Waals surface area contributed by atoms with E-state index in [9.17, 15) is 9.59 Å². The monoisotopic (exact) mass is 403 g/mol. The van der Waals surface area contributed by atoms with Crippen LogP contribution in [0.2, 0.25) is 0 Å². The van der Waals surface area contributed by atoms with Gasteiger partial charge in [-0.15, -0.1) is 0 Å². The molecule has 2 heterocycles. The number of carbonyl (C=O) groups excluding carboxylic acids is 2. The van der Waals surface area contributed by atoms with Crippen LogP contribution in [0.5, 0.6) is 11.5 Å². The molecule has 0 aromatic heterocycles. The van der Waals surface area contributed by atoms with E-state index in [4.69, 9.17) is 9.47 Å². The summed E-state index contributed by atoms with van der Waals surface area (Å²) in [7, 11) is 6.77. The van der Waals surface area contributed by atoms with Crippen molar-refractivity contribution in [2.45, 2.75) is 31.7 Å². The lowest BCUT2D eigenvalue weighted by Gasteiger charge is -2.46. The number of hydrogen-bond donors (Lipinski definition) is 1. The van der Waals surface area contributed by atoms with Crippen molar-refractivity contribution in [2.75, 3.05) is 47.9 Å². The smallest absolute Gasteiger partial charge is 0.254 e. The second kappa shape index (κ2) is 9.48. The lowest BCUT2D eigenvalue weighted by atomic mass is 9.79. The number of methoxy groups -OCH3 is 2. The quantitative estimate of drug-likeness (QED) is 0.754. The number of piperidine rings is 2. The number of nitrogens with one attached hydrogen (secondary N) is 1. The molecule has 0 aliphatic carbocycles. The van der Waals surface area contributed by atoms with Gasteiger partial charge in [0.05, 0.1) is 14.2 Å². The first-order valence-electron chi connectivity index (χ1n) is 10.4. The highest BCUT2D eigenvalue weighted by Gasteiger charge is 2.38. The molecule has 7 heteroatoms. The molecule has 3 rings (SSSR count). The molecule has 1 N–H and O–H groups in total. The predicted molar refractivity (Wildman–Crippen MR) is 111 cm³/mol. The van der Waals surface area contributed by atoms with Gasteiger partial charge in [0, 0.05) is 51.3 Å². The summed E-state index contributed by atoms with van der Waals surface area (Å²) < 4.78 is 10.6. The number of hydrogen-bond acceptors (Lipinski definition) is 5. The Kier molecular flexibility index (Phi) is 7.00. The van der Waals surface area contributed by atoms with Crippen LogP contribution in [0.15, 0.2) is 18.2 Å². The number of carbonyl (C=O) groups is 2. The fourth-order valence-corrected chi connectivity index (χ4v) is 4.48. The van der Waals surface area contributed by atoms with E-state index in [2.05, 4.69) is 5.32 Å². The molecule has 160 valence electrons. The normalized spacial score (nSPS) is 23.4. The van der Waals surface area contributed by atoms with Crippen molar-refractivity contribution in [3.8, 4) is 11.5 Å². The lowest BCUT2D eigenvalue weighted by molar-refractivity contribution is -0.128. The molecule has 0 radical (unpaired) electrons. The molecule has 2 bridgehead atoms. The van der Waals surface area contributed by atoms with Crippen molar-refractivity contribution in [2.24, 2.45) is 11.8 Å². The minimum atomic E-state index is 0.0281. The molecule has 1 aromatic carbocycles. The van der Waals surface area contributed by atoms with E-state index < -0.39 is 0 Å². The van der Waals surface area contributed by atoms with Crippen LogP contribution < -0.4 is 14.8 Å². The maximum Gasteiger partial charge on any atom is 0.254 e. The topological polar surface area (TPSA) is 71.1 Å². The van der Waals surface area contributed by atoms with Crippen molar-refractivity contribution in [3.05, 3.63) is 23.8 Å². The first-order valence-corrected chi connectivity index (χ1v) is 10.4. The molecule has 1 aromatic rings. The summed E-state index contributed by atoms with van der Waals surface area (Å²) in [5.74, 6) is 2.34. The number of fused-ring (bicyclic) bond motifs is 2. The van der Waals surface area contributed by atoms with Crippen LogP contribution in [0.3, 0.4) is 0 Å². The van der Waals surface area contributed by atoms with Gasteiger partial charge in [-0.1, -0.05) is 0 Å². The maximum absolute atomic E-state index is 13.2. The first-order chi connectivity index (χ1) is 13.9. The van der Waals surface area contributed by atoms with E-state index in [0.717, 1.165) is 38.9 Å². The Labute approximate surface area is 173 Å². The van der Waals surface area contributed by atoms with Crippen LogP contribution in [0.25, 0.3) is 0 Å². The molecule has 2 amide bonds. The molecule has 0 saturated carbocycles. The van der Waals surface area contributed by atoms with Gasteiger partial charge in [0.25, 0.3) is 5.91 Å². The molecule has 7 nitrogen and oxygen atoms in total. The summed E-state index contributed by atoms with van der Waals surface area (Å²) in [5, 5.41) is 3.66. The summed E-state index contributed by atoms with van der Waals surface area (Å²) in [5.41, 5.74) is 0.599. The standard InChI is InChI=1S/C22H33N3O4/c1-24(2)21(26)7-5-6-20-17-8-15(12-23-20)13-25(14-17)22(27)16-9-18(28-3)11-19(10-16)29-4/h9-11,15,17,20,23H,5-8,12-14H2,1-4H3/t15?,17?,20-/m1/s1. The number of amides is 2. The van der Waals surface area contributed by atoms with Crippen molar-refractivity contribution in [1.29, 1.82) is 0 Å². The van der Waals surface area contributed by atoms with Gasteiger partial charge in [-0.3, -0.25) is 9.59 Å². The summed E-state index contributed by atoms with van der Waals surface area (Å²) >= 11 is 0. The molecule has 2 aliphatic rings. The Morgan fingerprint density at radius 3 is 2.45 bits per heavy atom. The molecular formula is C22H33N3O4. The molecule has 2 fully saturated rings. The van der Waals surface area contributed by atoms with Crippen LogP contribution in [0.4, 0.5) is 0 Å². The summed E-state index contributed by atoms with van der Waals surface area (Å²) in [6.45, 7) is 2.44. The number of likely N-dealkylation sites (tertiary alicyclic amines) is 1. The number of ether oxygens (including phenoxy) is 2. The van der Waals surface area contributed by atoms with Gasteiger partial charge in [-0.25, -0.2) is 0 Å². The number of rotatable bonds is 7. The second-order valence-electron chi connectivity index (χ2n) is 8.37. The zero-order valence-electron chi connectivity index (χ0n) is 17.9. The largest absolute Gasteiger partial charge is 0.497 e. The first kappa shape index (κ1) is 21.4. The van der Waals surface area contributed by atoms with E-state index in [1.807, 2.05) is 4.90 Å². The fourth-order valence-electron chi connectivity index (χ4n) is 4.48. The van der Waals surface area contributed by atoms with E-state index >= 15 is 0 Å².